The molecule has 2 aromatic heterocycles. The highest BCUT2D eigenvalue weighted by Crippen LogP contribution is 2.35. The second-order valence-electron chi connectivity index (χ2n) is 14.4. The Morgan fingerprint density at radius 2 is 1.29 bits per heavy atom. The number of benzene rings is 4. The van der Waals surface area contributed by atoms with E-state index < -0.39 is 18.1 Å². The van der Waals surface area contributed by atoms with Crippen LogP contribution in [0.25, 0.3) is 33.4 Å². The average molecular weight is 735 g/mol. The number of H-pyrrole nitrogens is 2. The van der Waals surface area contributed by atoms with E-state index in [9.17, 15) is 14.4 Å². The van der Waals surface area contributed by atoms with E-state index >= 15 is 0 Å². The maximum Gasteiger partial charge on any atom is 0.247 e. The lowest BCUT2D eigenvalue weighted by molar-refractivity contribution is -0.138. The van der Waals surface area contributed by atoms with Crippen LogP contribution in [-0.4, -0.2) is 75.7 Å². The first-order valence-electron chi connectivity index (χ1n) is 19.1. The van der Waals surface area contributed by atoms with Gasteiger partial charge < -0.3 is 35.7 Å². The van der Waals surface area contributed by atoms with E-state index in [1.165, 1.54) is 0 Å². The molecule has 4 heterocycles. The molecule has 6 aromatic rings. The largest absolute Gasteiger partial charge is 0.355 e. The molecule has 11 nitrogen and oxygen atoms in total. The Morgan fingerprint density at radius 1 is 0.691 bits per heavy atom. The number of aromatic nitrogens is 3. The third-order valence-electron chi connectivity index (χ3n) is 11.0. The summed E-state index contributed by atoms with van der Waals surface area (Å²) in [5.41, 5.74) is 7.35. The smallest absolute Gasteiger partial charge is 0.247 e. The van der Waals surface area contributed by atoms with Gasteiger partial charge in [0.15, 0.2) is 0 Å². The number of amides is 3. The quantitative estimate of drug-likeness (QED) is 0.100. The number of nitrogens with zero attached hydrogens (tertiary/aromatic N) is 3. The SMILES string of the molecule is CN[C@H](C(=O)N1CCC[C@H]1C(=O)Nc1ccc2[nH]c(-c3ccc(-c4cnc([C@@H]5CCCN5C(=O)[C@@H](NC)c5ccccc5)[nH]4)cc3)cc2c1)c1ccccc1. The van der Waals surface area contributed by atoms with Crippen LogP contribution in [0.5, 0.6) is 0 Å². The van der Waals surface area contributed by atoms with Crippen molar-refractivity contribution in [3.63, 3.8) is 0 Å². The lowest BCUT2D eigenvalue weighted by atomic mass is 10.1. The summed E-state index contributed by atoms with van der Waals surface area (Å²) in [4.78, 5) is 56.2. The molecule has 55 heavy (non-hydrogen) atoms. The van der Waals surface area contributed by atoms with E-state index in [1.807, 2.05) is 97.0 Å². The summed E-state index contributed by atoms with van der Waals surface area (Å²) < 4.78 is 0. The van der Waals surface area contributed by atoms with Crippen molar-refractivity contribution < 1.29 is 14.4 Å². The van der Waals surface area contributed by atoms with Crippen molar-refractivity contribution in [2.45, 2.75) is 49.9 Å². The number of carbonyl (C=O) groups is 3. The number of likely N-dealkylation sites (N-methyl/N-ethyl adjacent to an activating group) is 2. The fourth-order valence-corrected chi connectivity index (χ4v) is 8.18. The van der Waals surface area contributed by atoms with Crippen LogP contribution in [0.15, 0.2) is 115 Å². The minimum atomic E-state index is -0.529. The summed E-state index contributed by atoms with van der Waals surface area (Å²) in [7, 11) is 3.60. The van der Waals surface area contributed by atoms with Crippen LogP contribution >= 0.6 is 0 Å². The summed E-state index contributed by atoms with van der Waals surface area (Å²) >= 11 is 0. The molecule has 0 aliphatic carbocycles. The topological polar surface area (TPSA) is 138 Å². The maximum atomic E-state index is 13.7. The predicted molar refractivity (Wildman–Crippen MR) is 215 cm³/mol. The molecule has 0 spiro atoms. The maximum absolute atomic E-state index is 13.7. The highest BCUT2D eigenvalue weighted by Gasteiger charge is 2.38. The van der Waals surface area contributed by atoms with E-state index in [0.29, 0.717) is 25.2 Å². The number of nitrogens with one attached hydrogen (secondary N) is 5. The molecule has 2 fully saturated rings. The molecule has 2 aliphatic rings. The number of anilines is 1. The molecule has 4 atom stereocenters. The van der Waals surface area contributed by atoms with Crippen molar-refractivity contribution in [3.05, 3.63) is 132 Å². The van der Waals surface area contributed by atoms with Crippen molar-refractivity contribution in [2.75, 3.05) is 32.5 Å². The molecule has 2 aliphatic heterocycles. The number of aromatic amines is 2. The first-order chi connectivity index (χ1) is 26.9. The Morgan fingerprint density at radius 3 is 1.95 bits per heavy atom. The lowest BCUT2D eigenvalue weighted by Crippen LogP contribution is -2.47. The molecular formula is C44H46N8O3. The number of imidazole rings is 1. The molecule has 0 saturated carbocycles. The zero-order valence-electron chi connectivity index (χ0n) is 31.1. The highest BCUT2D eigenvalue weighted by molar-refractivity contribution is 6.00. The van der Waals surface area contributed by atoms with Crippen molar-refractivity contribution in [3.8, 4) is 22.5 Å². The molecule has 2 saturated heterocycles. The molecule has 0 bridgehead atoms. The third-order valence-corrected chi connectivity index (χ3v) is 11.0. The van der Waals surface area contributed by atoms with Gasteiger partial charge in [0.1, 0.15) is 23.9 Å². The standard InChI is InChI=1S/C44H46N8O3/c1-45-39(30-11-5-3-6-12-30)43(54)51-23-9-15-37(51)41-47-27-36(50-41)29-19-17-28(18-20-29)35-26-32-25-33(21-22-34(32)49-35)48-42(53)38-16-10-24-52(38)44(55)40(46-2)31-13-7-4-8-14-31/h3-8,11-14,17-22,25-27,37-40,45-46,49H,9-10,15-16,23-24H2,1-2H3,(H,47,50)(H,48,53)/t37-,38-,39-,40-/m0/s1. The Labute approximate surface area is 320 Å². The summed E-state index contributed by atoms with van der Waals surface area (Å²) in [6, 6.07) is 34.1. The van der Waals surface area contributed by atoms with Crippen LogP contribution in [0.2, 0.25) is 0 Å². The van der Waals surface area contributed by atoms with Gasteiger partial charge in [0, 0.05) is 35.4 Å². The average Bonchev–Trinajstić information content (AvgIpc) is 4.06. The Hall–Kier alpha value is -6.04. The van der Waals surface area contributed by atoms with Gasteiger partial charge in [-0.2, -0.15) is 0 Å². The minimum absolute atomic E-state index is 0.0562. The Kier molecular flexibility index (Phi) is 10.3. The van der Waals surface area contributed by atoms with Crippen LogP contribution in [-0.2, 0) is 14.4 Å². The molecule has 11 heteroatoms. The van der Waals surface area contributed by atoms with Gasteiger partial charge in [0.25, 0.3) is 0 Å². The zero-order chi connectivity index (χ0) is 37.9. The second-order valence-corrected chi connectivity index (χ2v) is 14.4. The normalized spacial score (nSPS) is 18.1. The number of fused-ring (bicyclic) bond motifs is 1. The van der Waals surface area contributed by atoms with Gasteiger partial charge in [-0.3, -0.25) is 14.4 Å². The van der Waals surface area contributed by atoms with Gasteiger partial charge in [-0.15, -0.1) is 0 Å². The van der Waals surface area contributed by atoms with E-state index in [1.54, 1.807) is 11.9 Å². The predicted octanol–water partition coefficient (Wildman–Crippen LogP) is 6.74. The van der Waals surface area contributed by atoms with E-state index in [-0.39, 0.29) is 23.8 Å². The van der Waals surface area contributed by atoms with Gasteiger partial charge in [-0.05, 0) is 86.3 Å². The number of likely N-dealkylation sites (tertiary alicyclic amines) is 2. The van der Waals surface area contributed by atoms with E-state index in [0.717, 1.165) is 69.6 Å². The summed E-state index contributed by atoms with van der Waals surface area (Å²) in [5.74, 6) is 0.585. The summed E-state index contributed by atoms with van der Waals surface area (Å²) in [5, 5.41) is 10.4. The number of hydrogen-bond acceptors (Lipinski definition) is 6. The Bertz CT molecular complexity index is 2280. The molecule has 0 radical (unpaired) electrons. The van der Waals surface area contributed by atoms with Crippen LogP contribution in [0.1, 0.15) is 60.8 Å². The molecule has 5 N–H and O–H groups in total. The number of rotatable bonds is 11. The zero-order valence-corrected chi connectivity index (χ0v) is 31.1. The van der Waals surface area contributed by atoms with Gasteiger partial charge in [0.2, 0.25) is 17.7 Å². The van der Waals surface area contributed by atoms with Crippen molar-refractivity contribution in [1.82, 2.24) is 35.4 Å². The van der Waals surface area contributed by atoms with Crippen LogP contribution in [0, 0.1) is 0 Å². The molecule has 3 amide bonds. The molecule has 280 valence electrons. The Balaban J connectivity index is 0.929. The van der Waals surface area contributed by atoms with Crippen LogP contribution in [0.3, 0.4) is 0 Å². The monoisotopic (exact) mass is 734 g/mol. The number of hydrogen-bond donors (Lipinski definition) is 5. The lowest BCUT2D eigenvalue weighted by Gasteiger charge is -2.28. The first kappa shape index (κ1) is 36.0. The highest BCUT2D eigenvalue weighted by atomic mass is 16.2. The number of carbonyl (C=O) groups excluding carboxylic acids is 3. The van der Waals surface area contributed by atoms with Crippen molar-refractivity contribution >= 4 is 34.3 Å². The van der Waals surface area contributed by atoms with E-state index in [2.05, 4.69) is 56.3 Å². The fourth-order valence-electron chi connectivity index (χ4n) is 8.18. The molecular weight excluding hydrogens is 689 g/mol. The summed E-state index contributed by atoms with van der Waals surface area (Å²) in [6.07, 6.45) is 5.04. The van der Waals surface area contributed by atoms with Crippen molar-refractivity contribution in [2.24, 2.45) is 0 Å². The first-order valence-corrected chi connectivity index (χ1v) is 19.1. The third kappa shape index (κ3) is 7.28. The van der Waals surface area contributed by atoms with Crippen molar-refractivity contribution in [1.29, 1.82) is 0 Å². The fraction of sp³-hybridized carbons (Fsp3) is 0.273. The summed E-state index contributed by atoms with van der Waals surface area (Å²) in [6.45, 7) is 1.25. The van der Waals surface area contributed by atoms with Gasteiger partial charge >= 0.3 is 0 Å². The van der Waals surface area contributed by atoms with E-state index in [4.69, 9.17) is 4.98 Å². The van der Waals surface area contributed by atoms with Gasteiger partial charge in [-0.1, -0.05) is 84.9 Å². The second kappa shape index (κ2) is 15.7. The molecule has 4 aromatic carbocycles. The van der Waals surface area contributed by atoms with Crippen LogP contribution < -0.4 is 16.0 Å². The van der Waals surface area contributed by atoms with Gasteiger partial charge in [-0.25, -0.2) is 4.98 Å². The molecule has 8 rings (SSSR count). The molecule has 0 unspecified atom stereocenters. The van der Waals surface area contributed by atoms with Crippen LogP contribution in [0.4, 0.5) is 5.69 Å². The van der Waals surface area contributed by atoms with Gasteiger partial charge in [0.05, 0.1) is 17.9 Å². The minimum Gasteiger partial charge on any atom is -0.355 e.